The fourth-order valence-electron chi connectivity index (χ4n) is 4.15. The van der Waals surface area contributed by atoms with Gasteiger partial charge in [-0.05, 0) is 33.5 Å². The Morgan fingerprint density at radius 1 is 1.09 bits per heavy atom. The van der Waals surface area contributed by atoms with Crippen molar-refractivity contribution in [3.63, 3.8) is 0 Å². The first-order valence-electron chi connectivity index (χ1n) is 11.4. The zero-order valence-electron chi connectivity index (χ0n) is 19.2. The number of fused-ring (bicyclic) bond motifs is 1. The van der Waals surface area contributed by atoms with E-state index in [1.165, 1.54) is 6.20 Å². The van der Waals surface area contributed by atoms with Crippen LogP contribution in [0.2, 0.25) is 0 Å². The number of carbonyl (C=O) groups is 1. The molecule has 0 spiro atoms. The molecular weight excluding hydrogens is 444 g/mol. The van der Waals surface area contributed by atoms with Crippen molar-refractivity contribution in [1.82, 2.24) is 35.2 Å². The van der Waals surface area contributed by atoms with Crippen LogP contribution in [0.1, 0.15) is 35.7 Å². The summed E-state index contributed by atoms with van der Waals surface area (Å²) in [6.45, 7) is 3.34. The third kappa shape index (κ3) is 4.45. The molecular formula is C25H24N8O2. The number of hydrogen-bond acceptors (Lipinski definition) is 7. The molecule has 176 valence electrons. The van der Waals surface area contributed by atoms with Gasteiger partial charge in [0.05, 0.1) is 6.20 Å². The Kier molecular flexibility index (Phi) is 6.16. The Bertz CT molecular complexity index is 1440. The number of unbranched alkanes of at least 4 members (excludes halogenated alkanes) is 1. The zero-order valence-corrected chi connectivity index (χ0v) is 19.2. The molecule has 0 amide bonds. The van der Waals surface area contributed by atoms with Crippen LogP contribution in [-0.4, -0.2) is 52.8 Å². The van der Waals surface area contributed by atoms with Crippen LogP contribution >= 0.6 is 0 Å². The second-order valence-corrected chi connectivity index (χ2v) is 8.17. The van der Waals surface area contributed by atoms with Gasteiger partial charge >= 0.3 is 5.97 Å². The van der Waals surface area contributed by atoms with E-state index in [1.54, 1.807) is 16.8 Å². The van der Waals surface area contributed by atoms with Crippen LogP contribution in [0.5, 0.6) is 0 Å². The van der Waals surface area contributed by atoms with E-state index in [4.69, 9.17) is 0 Å². The number of hydrogen-bond donors (Lipinski definition) is 2. The second-order valence-electron chi connectivity index (χ2n) is 8.17. The van der Waals surface area contributed by atoms with E-state index < -0.39 is 5.97 Å². The highest BCUT2D eigenvalue weighted by Crippen LogP contribution is 2.30. The van der Waals surface area contributed by atoms with E-state index in [9.17, 15) is 9.90 Å². The van der Waals surface area contributed by atoms with Crippen molar-refractivity contribution in [3.05, 3.63) is 78.1 Å². The van der Waals surface area contributed by atoms with Crippen LogP contribution in [0.4, 0.5) is 5.82 Å². The van der Waals surface area contributed by atoms with Crippen molar-refractivity contribution in [2.75, 3.05) is 11.4 Å². The third-order valence-electron chi connectivity index (χ3n) is 5.87. The lowest BCUT2D eigenvalue weighted by molar-refractivity contribution is 0.0696. The number of carboxylic acid groups (broad SMARTS) is 1. The highest BCUT2D eigenvalue weighted by molar-refractivity contribution is 5.93. The van der Waals surface area contributed by atoms with Crippen molar-refractivity contribution in [3.8, 4) is 22.5 Å². The predicted octanol–water partition coefficient (Wildman–Crippen LogP) is 4.08. The quantitative estimate of drug-likeness (QED) is 0.331. The first-order chi connectivity index (χ1) is 17.2. The molecule has 2 N–H and O–H groups in total. The molecule has 10 heteroatoms. The highest BCUT2D eigenvalue weighted by atomic mass is 16.4. The summed E-state index contributed by atoms with van der Waals surface area (Å²) >= 11 is 0. The minimum Gasteiger partial charge on any atom is -0.477 e. The largest absolute Gasteiger partial charge is 0.477 e. The molecule has 10 nitrogen and oxygen atoms in total. The standard InChI is InChI=1S/C25H24N8O2/c1-2-3-14-32(24-21(25(34)35)15-26-22-12-13-27-33(22)24)16-17-8-10-18(11-9-17)19-6-4-5-7-20(19)23-28-30-31-29-23/h4-13,15H,2-3,14,16H2,1H3,(H,34,35)(H,28,29,30,31). The van der Waals surface area contributed by atoms with Crippen molar-refractivity contribution >= 4 is 17.4 Å². The monoisotopic (exact) mass is 468 g/mol. The van der Waals surface area contributed by atoms with Crippen LogP contribution in [0.25, 0.3) is 28.2 Å². The Morgan fingerprint density at radius 3 is 2.60 bits per heavy atom. The Labute approximate surface area is 201 Å². The molecule has 0 radical (unpaired) electrons. The van der Waals surface area contributed by atoms with Crippen LogP contribution < -0.4 is 4.90 Å². The van der Waals surface area contributed by atoms with Gasteiger partial charge in [-0.3, -0.25) is 0 Å². The van der Waals surface area contributed by atoms with Gasteiger partial charge in [-0.1, -0.05) is 61.9 Å². The minimum atomic E-state index is -1.03. The summed E-state index contributed by atoms with van der Waals surface area (Å²) < 4.78 is 1.61. The van der Waals surface area contributed by atoms with Gasteiger partial charge in [0, 0.05) is 30.9 Å². The molecule has 0 aliphatic rings. The van der Waals surface area contributed by atoms with Gasteiger partial charge in [-0.2, -0.15) is 9.61 Å². The maximum atomic E-state index is 12.0. The summed E-state index contributed by atoms with van der Waals surface area (Å²) in [6.07, 6.45) is 4.94. The van der Waals surface area contributed by atoms with Crippen LogP contribution in [-0.2, 0) is 6.54 Å². The molecule has 0 aliphatic carbocycles. The summed E-state index contributed by atoms with van der Waals surface area (Å²) in [5.74, 6) is 0.117. The van der Waals surface area contributed by atoms with Gasteiger partial charge in [0.25, 0.3) is 0 Å². The first kappa shape index (κ1) is 22.2. The van der Waals surface area contributed by atoms with Crippen LogP contribution in [0.15, 0.2) is 67.0 Å². The van der Waals surface area contributed by atoms with Crippen molar-refractivity contribution in [2.45, 2.75) is 26.3 Å². The summed E-state index contributed by atoms with van der Waals surface area (Å²) in [5, 5.41) is 28.5. The average Bonchev–Trinajstić information content (AvgIpc) is 3.59. The van der Waals surface area contributed by atoms with Crippen LogP contribution in [0, 0.1) is 0 Å². The number of nitrogens with zero attached hydrogens (tertiary/aromatic N) is 7. The Balaban J connectivity index is 1.49. The predicted molar refractivity (Wildman–Crippen MR) is 131 cm³/mol. The molecule has 0 bridgehead atoms. The molecule has 5 aromatic rings. The summed E-state index contributed by atoms with van der Waals surface area (Å²) in [4.78, 5) is 18.3. The lowest BCUT2D eigenvalue weighted by Crippen LogP contribution is -2.28. The molecule has 3 aromatic heterocycles. The van der Waals surface area contributed by atoms with E-state index in [1.807, 2.05) is 24.3 Å². The molecule has 3 heterocycles. The lowest BCUT2D eigenvalue weighted by atomic mass is 9.98. The number of nitrogens with one attached hydrogen (secondary N) is 1. The SMILES string of the molecule is CCCCN(Cc1ccc(-c2ccccc2-c2nnn[nH]2)cc1)c1c(C(=O)O)cnc2ccnn12. The van der Waals surface area contributed by atoms with Gasteiger partial charge in [0.1, 0.15) is 11.4 Å². The zero-order chi connectivity index (χ0) is 24.2. The van der Waals surface area contributed by atoms with Gasteiger partial charge in [0.2, 0.25) is 0 Å². The number of aromatic carboxylic acids is 1. The van der Waals surface area contributed by atoms with E-state index in [0.29, 0.717) is 30.4 Å². The number of tetrazole rings is 1. The van der Waals surface area contributed by atoms with E-state index >= 15 is 0 Å². The molecule has 0 atom stereocenters. The van der Waals surface area contributed by atoms with Gasteiger partial charge < -0.3 is 10.0 Å². The number of carboxylic acids is 1. The minimum absolute atomic E-state index is 0.128. The van der Waals surface area contributed by atoms with Crippen LogP contribution in [0.3, 0.4) is 0 Å². The van der Waals surface area contributed by atoms with E-state index in [0.717, 1.165) is 35.1 Å². The smallest absolute Gasteiger partial charge is 0.341 e. The average molecular weight is 469 g/mol. The van der Waals surface area contributed by atoms with Crippen molar-refractivity contribution < 1.29 is 9.90 Å². The number of rotatable bonds is 9. The summed E-state index contributed by atoms with van der Waals surface area (Å²) in [5.41, 5.74) is 4.76. The van der Waals surface area contributed by atoms with E-state index in [-0.39, 0.29) is 5.56 Å². The fraction of sp³-hybridized carbons (Fsp3) is 0.200. The molecule has 0 aliphatic heterocycles. The van der Waals surface area contributed by atoms with Gasteiger partial charge in [-0.15, -0.1) is 5.10 Å². The maximum Gasteiger partial charge on any atom is 0.341 e. The molecule has 0 fully saturated rings. The lowest BCUT2D eigenvalue weighted by Gasteiger charge is -2.26. The third-order valence-corrected chi connectivity index (χ3v) is 5.87. The number of H-pyrrole nitrogens is 1. The normalized spacial score (nSPS) is 11.1. The fourth-order valence-corrected chi connectivity index (χ4v) is 4.15. The molecule has 5 rings (SSSR count). The molecule has 2 aromatic carbocycles. The Morgan fingerprint density at radius 2 is 1.89 bits per heavy atom. The molecule has 0 saturated carbocycles. The molecule has 0 unspecified atom stereocenters. The Hall–Kier alpha value is -4.60. The second kappa shape index (κ2) is 9.72. The maximum absolute atomic E-state index is 12.0. The van der Waals surface area contributed by atoms with Crippen molar-refractivity contribution in [1.29, 1.82) is 0 Å². The number of aromatic nitrogens is 7. The topological polar surface area (TPSA) is 125 Å². The number of benzene rings is 2. The highest BCUT2D eigenvalue weighted by Gasteiger charge is 2.21. The summed E-state index contributed by atoms with van der Waals surface area (Å²) in [7, 11) is 0. The number of anilines is 1. The van der Waals surface area contributed by atoms with E-state index in [2.05, 4.69) is 66.8 Å². The van der Waals surface area contributed by atoms with Gasteiger partial charge in [0.15, 0.2) is 11.5 Å². The number of aromatic amines is 1. The van der Waals surface area contributed by atoms with Crippen molar-refractivity contribution in [2.24, 2.45) is 0 Å². The molecule has 0 saturated heterocycles. The first-order valence-corrected chi connectivity index (χ1v) is 11.4. The summed E-state index contributed by atoms with van der Waals surface area (Å²) in [6, 6.07) is 17.9. The van der Waals surface area contributed by atoms with Gasteiger partial charge in [-0.25, -0.2) is 14.9 Å². The molecule has 35 heavy (non-hydrogen) atoms.